The van der Waals surface area contributed by atoms with E-state index in [2.05, 4.69) is 40.5 Å². The first-order valence-corrected chi connectivity index (χ1v) is 8.40. The zero-order valence-electron chi connectivity index (χ0n) is 12.6. The molecular weight excluding hydrogens is 244 g/mol. The summed E-state index contributed by atoms with van der Waals surface area (Å²) < 4.78 is 0. The summed E-state index contributed by atoms with van der Waals surface area (Å²) in [6, 6.07) is 11.6. The Hall–Kier alpha value is -0.860. The van der Waals surface area contributed by atoms with Gasteiger partial charge in [-0.15, -0.1) is 0 Å². The maximum absolute atomic E-state index is 3.74. The maximum Gasteiger partial charge on any atom is 0.0234 e. The predicted molar refractivity (Wildman–Crippen MR) is 84.7 cm³/mol. The van der Waals surface area contributed by atoms with Crippen LogP contribution in [0.4, 0.5) is 0 Å². The average molecular weight is 272 g/mol. The molecule has 1 aliphatic carbocycles. The van der Waals surface area contributed by atoms with Gasteiger partial charge in [0.25, 0.3) is 0 Å². The lowest BCUT2D eigenvalue weighted by atomic mass is 9.84. The van der Waals surface area contributed by atoms with Crippen LogP contribution in [-0.4, -0.2) is 30.6 Å². The normalized spacial score (nSPS) is 25.7. The summed E-state index contributed by atoms with van der Waals surface area (Å²) in [7, 11) is 0. The lowest BCUT2D eigenvalue weighted by Gasteiger charge is -2.36. The van der Waals surface area contributed by atoms with Gasteiger partial charge in [-0.2, -0.15) is 0 Å². The summed E-state index contributed by atoms with van der Waals surface area (Å²) in [4.78, 5) is 2.62. The number of nitrogens with one attached hydrogen (secondary N) is 1. The molecule has 2 heteroatoms. The van der Waals surface area contributed by atoms with Gasteiger partial charge >= 0.3 is 0 Å². The van der Waals surface area contributed by atoms with Crippen LogP contribution in [0.1, 0.15) is 44.1 Å². The summed E-state index contributed by atoms with van der Waals surface area (Å²) in [5.41, 5.74) is 1.45. The molecule has 1 aromatic rings. The second-order valence-corrected chi connectivity index (χ2v) is 6.61. The van der Waals surface area contributed by atoms with E-state index in [0.29, 0.717) is 0 Å². The highest BCUT2D eigenvalue weighted by Crippen LogP contribution is 2.28. The third-order valence-electron chi connectivity index (χ3n) is 4.93. The molecule has 0 amide bonds. The molecule has 110 valence electrons. The van der Waals surface area contributed by atoms with E-state index in [1.54, 1.807) is 0 Å². The first-order chi connectivity index (χ1) is 9.90. The molecule has 1 aromatic carbocycles. The Morgan fingerprint density at radius 3 is 2.65 bits per heavy atom. The van der Waals surface area contributed by atoms with Crippen LogP contribution in [0.2, 0.25) is 0 Å². The number of hydrogen-bond acceptors (Lipinski definition) is 2. The van der Waals surface area contributed by atoms with Gasteiger partial charge in [0.2, 0.25) is 0 Å². The highest BCUT2D eigenvalue weighted by atomic mass is 15.2. The van der Waals surface area contributed by atoms with E-state index in [-0.39, 0.29) is 0 Å². The fraction of sp³-hybridized carbons (Fsp3) is 0.667. The van der Waals surface area contributed by atoms with Gasteiger partial charge in [0.05, 0.1) is 0 Å². The molecule has 1 heterocycles. The topological polar surface area (TPSA) is 15.3 Å². The Labute approximate surface area is 123 Å². The highest BCUT2D eigenvalue weighted by Gasteiger charge is 2.23. The van der Waals surface area contributed by atoms with Crippen molar-refractivity contribution in [3.8, 4) is 0 Å². The zero-order chi connectivity index (χ0) is 13.6. The largest absolute Gasteiger partial charge is 0.311 e. The Balaban J connectivity index is 1.48. The van der Waals surface area contributed by atoms with Crippen molar-refractivity contribution >= 4 is 0 Å². The number of rotatable bonds is 4. The molecule has 1 atom stereocenters. The van der Waals surface area contributed by atoms with Gasteiger partial charge in [-0.1, -0.05) is 62.4 Å². The summed E-state index contributed by atoms with van der Waals surface area (Å²) in [6.07, 6.45) is 8.73. The minimum atomic E-state index is 0.718. The SMILES string of the molecule is c1ccc(CN2CCN[C@H](CC3CCCCC3)C2)cc1. The van der Waals surface area contributed by atoms with Crippen LogP contribution in [0.25, 0.3) is 0 Å². The van der Waals surface area contributed by atoms with Crippen molar-refractivity contribution in [1.82, 2.24) is 10.2 Å². The molecule has 20 heavy (non-hydrogen) atoms. The average Bonchev–Trinajstić information content (AvgIpc) is 2.50. The Morgan fingerprint density at radius 2 is 1.85 bits per heavy atom. The van der Waals surface area contributed by atoms with E-state index >= 15 is 0 Å². The molecular formula is C18H28N2. The summed E-state index contributed by atoms with van der Waals surface area (Å²) >= 11 is 0. The quantitative estimate of drug-likeness (QED) is 0.903. The third-order valence-corrected chi connectivity index (χ3v) is 4.93. The Kier molecular flexibility index (Phi) is 5.10. The predicted octanol–water partition coefficient (Wildman–Crippen LogP) is 3.43. The third kappa shape index (κ3) is 4.07. The zero-order valence-corrected chi connectivity index (χ0v) is 12.6. The standard InChI is InChI=1S/C18H28N2/c1-3-7-16(8-4-1)13-18-15-20(12-11-19-18)14-17-9-5-2-6-10-17/h2,5-6,9-10,16,18-19H,1,3-4,7-8,11-15H2/t18-/m1/s1. The molecule has 0 bridgehead atoms. The van der Waals surface area contributed by atoms with E-state index < -0.39 is 0 Å². The summed E-state index contributed by atoms with van der Waals surface area (Å²) in [5, 5.41) is 3.74. The van der Waals surface area contributed by atoms with Crippen molar-refractivity contribution in [2.45, 2.75) is 51.1 Å². The van der Waals surface area contributed by atoms with Crippen molar-refractivity contribution in [3.05, 3.63) is 35.9 Å². The fourth-order valence-electron chi connectivity index (χ4n) is 3.86. The van der Waals surface area contributed by atoms with Crippen molar-refractivity contribution < 1.29 is 0 Å². The first-order valence-electron chi connectivity index (χ1n) is 8.40. The summed E-state index contributed by atoms with van der Waals surface area (Å²) in [6.45, 7) is 4.69. The van der Waals surface area contributed by atoms with Gasteiger partial charge in [0, 0.05) is 32.2 Å². The van der Waals surface area contributed by atoms with E-state index in [1.165, 1.54) is 57.2 Å². The van der Waals surface area contributed by atoms with Gasteiger partial charge in [0.15, 0.2) is 0 Å². The molecule has 1 N–H and O–H groups in total. The molecule has 0 unspecified atom stereocenters. The minimum Gasteiger partial charge on any atom is -0.311 e. The Morgan fingerprint density at radius 1 is 1.05 bits per heavy atom. The maximum atomic E-state index is 3.74. The van der Waals surface area contributed by atoms with Crippen LogP contribution in [0.5, 0.6) is 0 Å². The molecule has 1 aliphatic heterocycles. The van der Waals surface area contributed by atoms with Crippen molar-refractivity contribution in [3.63, 3.8) is 0 Å². The van der Waals surface area contributed by atoms with Crippen molar-refractivity contribution in [1.29, 1.82) is 0 Å². The van der Waals surface area contributed by atoms with Crippen molar-refractivity contribution in [2.75, 3.05) is 19.6 Å². The number of benzene rings is 1. The smallest absolute Gasteiger partial charge is 0.0234 e. The minimum absolute atomic E-state index is 0.718. The first kappa shape index (κ1) is 14.1. The molecule has 0 radical (unpaired) electrons. The number of nitrogens with zero attached hydrogens (tertiary/aromatic N) is 1. The lowest BCUT2D eigenvalue weighted by molar-refractivity contribution is 0.168. The van der Waals surface area contributed by atoms with E-state index in [4.69, 9.17) is 0 Å². The van der Waals surface area contributed by atoms with Gasteiger partial charge in [-0.3, -0.25) is 4.90 Å². The summed E-state index contributed by atoms with van der Waals surface area (Å²) in [5.74, 6) is 0.984. The molecule has 2 fully saturated rings. The molecule has 1 saturated carbocycles. The van der Waals surface area contributed by atoms with Crippen LogP contribution in [0.15, 0.2) is 30.3 Å². The van der Waals surface area contributed by atoms with Gasteiger partial charge < -0.3 is 5.32 Å². The van der Waals surface area contributed by atoms with Gasteiger partial charge in [-0.25, -0.2) is 0 Å². The van der Waals surface area contributed by atoms with Crippen LogP contribution in [0, 0.1) is 5.92 Å². The molecule has 2 nitrogen and oxygen atoms in total. The van der Waals surface area contributed by atoms with E-state index in [1.807, 2.05) is 0 Å². The van der Waals surface area contributed by atoms with E-state index in [9.17, 15) is 0 Å². The van der Waals surface area contributed by atoms with E-state index in [0.717, 1.165) is 25.0 Å². The van der Waals surface area contributed by atoms with Crippen LogP contribution in [0.3, 0.4) is 0 Å². The monoisotopic (exact) mass is 272 g/mol. The second kappa shape index (κ2) is 7.24. The highest BCUT2D eigenvalue weighted by molar-refractivity contribution is 5.14. The number of piperazine rings is 1. The molecule has 0 spiro atoms. The second-order valence-electron chi connectivity index (χ2n) is 6.61. The van der Waals surface area contributed by atoms with Gasteiger partial charge in [0.1, 0.15) is 0 Å². The van der Waals surface area contributed by atoms with Crippen LogP contribution >= 0.6 is 0 Å². The van der Waals surface area contributed by atoms with Crippen LogP contribution in [-0.2, 0) is 6.54 Å². The number of hydrogen-bond donors (Lipinski definition) is 1. The molecule has 1 saturated heterocycles. The molecule has 3 rings (SSSR count). The Bertz CT molecular complexity index is 384. The van der Waals surface area contributed by atoms with Gasteiger partial charge in [-0.05, 0) is 17.9 Å². The van der Waals surface area contributed by atoms with Crippen molar-refractivity contribution in [2.24, 2.45) is 5.92 Å². The molecule has 2 aliphatic rings. The molecule has 0 aromatic heterocycles. The lowest BCUT2D eigenvalue weighted by Crippen LogP contribution is -2.50. The fourth-order valence-corrected chi connectivity index (χ4v) is 3.86. The van der Waals surface area contributed by atoms with Crippen LogP contribution < -0.4 is 5.32 Å².